The molecule has 1 rings (SSSR count). The number of halogens is 1. The van der Waals surface area contributed by atoms with Gasteiger partial charge in [-0.05, 0) is 56.4 Å². The van der Waals surface area contributed by atoms with Crippen LogP contribution in [-0.2, 0) is 4.74 Å². The van der Waals surface area contributed by atoms with E-state index in [4.69, 9.17) is 4.74 Å². The highest BCUT2D eigenvalue weighted by Gasteiger charge is 2.16. The van der Waals surface area contributed by atoms with Gasteiger partial charge in [0.2, 0.25) is 0 Å². The molecule has 0 bridgehead atoms. The zero-order chi connectivity index (χ0) is 12.3. The van der Waals surface area contributed by atoms with Crippen LogP contribution in [0.5, 0.6) is 0 Å². The summed E-state index contributed by atoms with van der Waals surface area (Å²) in [5.41, 5.74) is 1.09. The van der Waals surface area contributed by atoms with Crippen molar-refractivity contribution in [2.75, 3.05) is 5.32 Å². The van der Waals surface area contributed by atoms with Crippen LogP contribution in [-0.4, -0.2) is 16.7 Å². The van der Waals surface area contributed by atoms with Gasteiger partial charge in [-0.25, -0.2) is 4.79 Å². The van der Waals surface area contributed by atoms with Crippen molar-refractivity contribution in [3.05, 3.63) is 21.5 Å². The number of hydrogen-bond donors (Lipinski definition) is 1. The Morgan fingerprint density at radius 2 is 2.12 bits per heavy atom. The van der Waals surface area contributed by atoms with Gasteiger partial charge in [-0.3, -0.25) is 10.3 Å². The summed E-state index contributed by atoms with van der Waals surface area (Å²) in [5.74, 6) is 0. The zero-order valence-corrected chi connectivity index (χ0v) is 12.0. The second-order valence-electron chi connectivity index (χ2n) is 4.43. The number of aromatic nitrogens is 1. The van der Waals surface area contributed by atoms with Crippen LogP contribution in [0.15, 0.2) is 12.3 Å². The first-order chi connectivity index (χ1) is 7.28. The van der Waals surface area contributed by atoms with Gasteiger partial charge in [-0.1, -0.05) is 0 Å². The molecule has 0 aliphatic carbocycles. The molecule has 1 amide bonds. The van der Waals surface area contributed by atoms with E-state index < -0.39 is 11.7 Å². The molecule has 1 aromatic heterocycles. The van der Waals surface area contributed by atoms with E-state index in [9.17, 15) is 4.79 Å². The molecule has 5 heteroatoms. The Morgan fingerprint density at radius 3 is 2.69 bits per heavy atom. The lowest BCUT2D eigenvalue weighted by Gasteiger charge is -2.20. The molecule has 16 heavy (non-hydrogen) atoms. The van der Waals surface area contributed by atoms with Gasteiger partial charge >= 0.3 is 6.09 Å². The van der Waals surface area contributed by atoms with Crippen LogP contribution < -0.4 is 5.32 Å². The van der Waals surface area contributed by atoms with E-state index in [1.165, 1.54) is 0 Å². The molecule has 0 aliphatic heterocycles. The summed E-state index contributed by atoms with van der Waals surface area (Å²) in [6.45, 7) is 7.36. The predicted octanol–water partition coefficient (Wildman–Crippen LogP) is 3.34. The third kappa shape index (κ3) is 4.34. The van der Waals surface area contributed by atoms with E-state index >= 15 is 0 Å². The van der Waals surface area contributed by atoms with E-state index in [1.807, 2.05) is 33.8 Å². The predicted molar refractivity (Wildman–Crippen MR) is 71.5 cm³/mol. The minimum atomic E-state index is -0.488. The van der Waals surface area contributed by atoms with Gasteiger partial charge in [-0.2, -0.15) is 0 Å². The number of amides is 1. The number of hydrogen-bond acceptors (Lipinski definition) is 3. The van der Waals surface area contributed by atoms with Crippen LogP contribution in [0.4, 0.5) is 10.5 Å². The molecule has 0 aliphatic rings. The van der Waals surface area contributed by atoms with Crippen molar-refractivity contribution in [3.63, 3.8) is 0 Å². The Morgan fingerprint density at radius 1 is 1.50 bits per heavy atom. The standard InChI is InChI=1S/C11H15IN2O2/c1-7-5-9(8(12)6-13-7)14-10(15)16-11(2,3)4/h5-6H,1-4H3,(H,13,14,15). The van der Waals surface area contributed by atoms with E-state index in [0.29, 0.717) is 0 Å². The number of aryl methyl sites for hydroxylation is 1. The highest BCUT2D eigenvalue weighted by atomic mass is 127. The van der Waals surface area contributed by atoms with Crippen LogP contribution in [0.1, 0.15) is 26.5 Å². The van der Waals surface area contributed by atoms with Crippen LogP contribution in [0, 0.1) is 10.5 Å². The lowest BCUT2D eigenvalue weighted by atomic mass is 10.2. The minimum Gasteiger partial charge on any atom is -0.444 e. The molecule has 0 fully saturated rings. The fraction of sp³-hybridized carbons (Fsp3) is 0.455. The van der Waals surface area contributed by atoms with Crippen molar-refractivity contribution in [1.82, 2.24) is 4.98 Å². The molecule has 1 heterocycles. The Bertz CT molecular complexity index is 399. The molecule has 4 nitrogen and oxygen atoms in total. The largest absolute Gasteiger partial charge is 0.444 e. The maximum absolute atomic E-state index is 11.5. The van der Waals surface area contributed by atoms with Crippen molar-refractivity contribution in [2.45, 2.75) is 33.3 Å². The number of anilines is 1. The molecule has 0 saturated heterocycles. The number of nitrogens with zero attached hydrogens (tertiary/aromatic N) is 1. The highest BCUT2D eigenvalue weighted by molar-refractivity contribution is 14.1. The Balaban J connectivity index is 2.73. The van der Waals surface area contributed by atoms with Gasteiger partial charge in [0.15, 0.2) is 0 Å². The van der Waals surface area contributed by atoms with Gasteiger partial charge in [0.25, 0.3) is 0 Å². The third-order valence-corrected chi connectivity index (χ3v) is 2.49. The number of pyridine rings is 1. The summed E-state index contributed by atoms with van der Waals surface area (Å²) in [7, 11) is 0. The number of rotatable bonds is 1. The molecule has 0 atom stereocenters. The second kappa shape index (κ2) is 4.99. The molecule has 0 spiro atoms. The summed E-state index contributed by atoms with van der Waals surface area (Å²) in [6, 6.07) is 1.81. The molecular weight excluding hydrogens is 319 g/mol. The number of nitrogens with one attached hydrogen (secondary N) is 1. The van der Waals surface area contributed by atoms with Crippen molar-refractivity contribution in [3.8, 4) is 0 Å². The van der Waals surface area contributed by atoms with Crippen LogP contribution in [0.25, 0.3) is 0 Å². The average molecular weight is 334 g/mol. The number of carbonyl (C=O) groups is 1. The summed E-state index contributed by atoms with van der Waals surface area (Å²) >= 11 is 2.11. The van der Waals surface area contributed by atoms with Gasteiger partial charge in [0, 0.05) is 11.9 Å². The number of carbonyl (C=O) groups excluding carboxylic acids is 1. The van der Waals surface area contributed by atoms with E-state index in [2.05, 4.69) is 32.9 Å². The maximum Gasteiger partial charge on any atom is 0.412 e. The van der Waals surface area contributed by atoms with Crippen LogP contribution in [0.2, 0.25) is 0 Å². The topological polar surface area (TPSA) is 51.2 Å². The summed E-state index contributed by atoms with van der Waals surface area (Å²) in [4.78, 5) is 15.7. The Kier molecular flexibility index (Phi) is 4.12. The lowest BCUT2D eigenvalue weighted by Crippen LogP contribution is -2.27. The molecule has 0 unspecified atom stereocenters. The van der Waals surface area contributed by atoms with E-state index in [1.54, 1.807) is 6.20 Å². The van der Waals surface area contributed by atoms with E-state index in [0.717, 1.165) is 15.0 Å². The minimum absolute atomic E-state index is 0.448. The molecule has 88 valence electrons. The van der Waals surface area contributed by atoms with Gasteiger partial charge in [-0.15, -0.1) is 0 Å². The normalized spacial score (nSPS) is 11.1. The van der Waals surface area contributed by atoms with Crippen molar-refractivity contribution in [2.24, 2.45) is 0 Å². The summed E-state index contributed by atoms with van der Waals surface area (Å²) < 4.78 is 6.05. The SMILES string of the molecule is Cc1cc(NC(=O)OC(C)(C)C)c(I)cn1. The fourth-order valence-electron chi connectivity index (χ4n) is 1.05. The fourth-order valence-corrected chi connectivity index (χ4v) is 1.48. The van der Waals surface area contributed by atoms with Gasteiger partial charge in [0.05, 0.1) is 9.26 Å². The average Bonchev–Trinajstić information content (AvgIpc) is 2.08. The number of ether oxygens (including phenoxy) is 1. The van der Waals surface area contributed by atoms with Gasteiger partial charge in [0.1, 0.15) is 5.60 Å². The zero-order valence-electron chi connectivity index (χ0n) is 9.80. The molecular formula is C11H15IN2O2. The molecule has 0 saturated carbocycles. The molecule has 0 aromatic carbocycles. The van der Waals surface area contributed by atoms with Crippen molar-refractivity contribution >= 4 is 34.4 Å². The quantitative estimate of drug-likeness (QED) is 0.802. The first-order valence-corrected chi connectivity index (χ1v) is 5.98. The van der Waals surface area contributed by atoms with Crippen molar-refractivity contribution < 1.29 is 9.53 Å². The van der Waals surface area contributed by atoms with E-state index in [-0.39, 0.29) is 0 Å². The van der Waals surface area contributed by atoms with Gasteiger partial charge < -0.3 is 4.74 Å². The second-order valence-corrected chi connectivity index (χ2v) is 5.59. The highest BCUT2D eigenvalue weighted by Crippen LogP contribution is 2.18. The maximum atomic E-state index is 11.5. The Hall–Kier alpha value is -0.850. The summed E-state index contributed by atoms with van der Waals surface area (Å²) in [6.07, 6.45) is 1.26. The van der Waals surface area contributed by atoms with Crippen molar-refractivity contribution in [1.29, 1.82) is 0 Å². The first-order valence-electron chi connectivity index (χ1n) is 4.90. The Labute approximate surface area is 109 Å². The monoisotopic (exact) mass is 334 g/mol. The van der Waals surface area contributed by atoms with Crippen LogP contribution >= 0.6 is 22.6 Å². The molecule has 0 radical (unpaired) electrons. The first kappa shape index (κ1) is 13.2. The lowest BCUT2D eigenvalue weighted by molar-refractivity contribution is 0.0636. The molecule has 1 aromatic rings. The molecule has 1 N–H and O–H groups in total. The third-order valence-electron chi connectivity index (χ3n) is 1.63. The smallest absolute Gasteiger partial charge is 0.412 e. The summed E-state index contributed by atoms with van der Waals surface area (Å²) in [5, 5.41) is 2.70. The van der Waals surface area contributed by atoms with Crippen LogP contribution in [0.3, 0.4) is 0 Å².